The molecule has 2 N–H and O–H groups in total. The summed E-state index contributed by atoms with van der Waals surface area (Å²) in [5, 5.41) is 6.42. The highest BCUT2D eigenvalue weighted by molar-refractivity contribution is 6.00. The maximum atomic E-state index is 14.3. The summed E-state index contributed by atoms with van der Waals surface area (Å²) >= 11 is 0. The summed E-state index contributed by atoms with van der Waals surface area (Å²) in [4.78, 5) is 55.3. The number of nitrogens with one attached hydrogen (secondary N) is 2. The molecule has 1 aliphatic heterocycles. The van der Waals surface area contributed by atoms with Gasteiger partial charge in [-0.05, 0) is 128 Å². The average Bonchev–Trinajstić information content (AvgIpc) is 3.78. The third-order valence-corrected chi connectivity index (χ3v) is 11.1. The first-order valence-corrected chi connectivity index (χ1v) is 19.4. The van der Waals surface area contributed by atoms with Crippen LogP contribution >= 0.6 is 0 Å². The van der Waals surface area contributed by atoms with Crippen molar-refractivity contribution in [1.82, 2.24) is 10.2 Å². The number of halogens is 1. The largest absolute Gasteiger partial charge is 0.460 e. The number of furan rings is 1. The number of carbonyl (C=O) groups excluding carboxylic acids is 4. The molecule has 13 heteroatoms. The van der Waals surface area contributed by atoms with Crippen molar-refractivity contribution in [2.75, 3.05) is 45.5 Å². The maximum absolute atomic E-state index is 14.3. The summed E-state index contributed by atoms with van der Waals surface area (Å²) in [7, 11) is 1.74. The van der Waals surface area contributed by atoms with Crippen LogP contribution in [-0.4, -0.2) is 92.7 Å². The molecule has 0 spiro atoms. The molecule has 2 heterocycles. The number of fused-ring (bicyclic) bond motifs is 1. The van der Waals surface area contributed by atoms with Crippen LogP contribution in [-0.2, 0) is 28.5 Å². The van der Waals surface area contributed by atoms with E-state index in [4.69, 9.17) is 23.4 Å². The van der Waals surface area contributed by atoms with Gasteiger partial charge >= 0.3 is 12.1 Å². The van der Waals surface area contributed by atoms with Crippen LogP contribution in [0.5, 0.6) is 0 Å². The van der Waals surface area contributed by atoms with Crippen molar-refractivity contribution in [2.24, 2.45) is 23.7 Å². The lowest BCUT2D eigenvalue weighted by molar-refractivity contribution is -0.142. The van der Waals surface area contributed by atoms with Crippen molar-refractivity contribution in [3.05, 3.63) is 30.0 Å². The first kappa shape index (κ1) is 40.5. The molecule has 294 valence electrons. The lowest BCUT2D eigenvalue weighted by Crippen LogP contribution is -2.50. The van der Waals surface area contributed by atoms with Crippen molar-refractivity contribution in [3.63, 3.8) is 0 Å². The number of benzene rings is 1. The number of rotatable bonds is 14. The number of esters is 1. The minimum Gasteiger partial charge on any atom is -0.460 e. The Hall–Kier alpha value is -3.71. The van der Waals surface area contributed by atoms with Crippen molar-refractivity contribution < 1.29 is 46.9 Å². The number of nitrogens with zero attached hydrogens (tertiary/aromatic N) is 1. The summed E-state index contributed by atoms with van der Waals surface area (Å²) in [6.07, 6.45) is 6.88. The van der Waals surface area contributed by atoms with Crippen LogP contribution in [0.25, 0.3) is 11.0 Å². The Morgan fingerprint density at radius 3 is 2.38 bits per heavy atom. The maximum Gasteiger partial charge on any atom is 0.407 e. The number of hydrogen-bond acceptors (Lipinski definition) is 9. The third kappa shape index (κ3) is 10.7. The fraction of sp³-hybridized carbons (Fsp3) is 0.700. The molecule has 0 unspecified atom stereocenters. The van der Waals surface area contributed by atoms with Gasteiger partial charge in [-0.2, -0.15) is 0 Å². The highest BCUT2D eigenvalue weighted by Gasteiger charge is 2.47. The van der Waals surface area contributed by atoms with Crippen molar-refractivity contribution in [1.29, 1.82) is 0 Å². The molecular weight excluding hydrogens is 685 g/mol. The predicted octanol–water partition coefficient (Wildman–Crippen LogP) is 7.05. The van der Waals surface area contributed by atoms with E-state index in [0.717, 1.165) is 32.1 Å². The van der Waals surface area contributed by atoms with E-state index < -0.39 is 36.4 Å². The van der Waals surface area contributed by atoms with E-state index in [2.05, 4.69) is 10.6 Å². The Balaban J connectivity index is 1.26. The number of methoxy groups -OCH3 is 1. The Morgan fingerprint density at radius 2 is 1.72 bits per heavy atom. The molecule has 1 aromatic heterocycles. The van der Waals surface area contributed by atoms with Gasteiger partial charge in [0.25, 0.3) is 0 Å². The van der Waals surface area contributed by atoms with Crippen LogP contribution in [0, 0.1) is 23.7 Å². The molecule has 1 saturated heterocycles. The van der Waals surface area contributed by atoms with Crippen LogP contribution in [0.1, 0.15) is 102 Å². The van der Waals surface area contributed by atoms with E-state index in [-0.39, 0.29) is 54.0 Å². The van der Waals surface area contributed by atoms with Crippen molar-refractivity contribution in [3.8, 4) is 0 Å². The normalized spacial score (nSPS) is 25.5. The fourth-order valence-corrected chi connectivity index (χ4v) is 8.37. The molecule has 1 aromatic carbocycles. The topological polar surface area (TPSA) is 146 Å². The second-order valence-corrected chi connectivity index (χ2v) is 15.8. The second-order valence-electron chi connectivity index (χ2n) is 15.8. The van der Waals surface area contributed by atoms with Crippen LogP contribution in [0.4, 0.5) is 14.9 Å². The lowest BCUT2D eigenvalue weighted by atomic mass is 9.75. The number of alkyl carbamates (subject to hydrolysis) is 1. The minimum absolute atomic E-state index is 0.00352. The first-order valence-electron chi connectivity index (χ1n) is 19.4. The van der Waals surface area contributed by atoms with E-state index in [0.29, 0.717) is 68.5 Å². The molecule has 3 fully saturated rings. The lowest BCUT2D eigenvalue weighted by Gasteiger charge is -2.38. The van der Waals surface area contributed by atoms with Gasteiger partial charge in [-0.3, -0.25) is 9.59 Å². The van der Waals surface area contributed by atoms with Gasteiger partial charge in [-0.1, -0.05) is 0 Å². The van der Waals surface area contributed by atoms with Crippen LogP contribution in [0.3, 0.4) is 0 Å². The van der Waals surface area contributed by atoms with E-state index in [1.807, 2.05) is 6.92 Å². The third-order valence-electron chi connectivity index (χ3n) is 11.1. The highest BCUT2D eigenvalue weighted by atomic mass is 19.1. The van der Waals surface area contributed by atoms with Gasteiger partial charge in [-0.15, -0.1) is 0 Å². The summed E-state index contributed by atoms with van der Waals surface area (Å²) in [5.74, 6) is -0.875. The van der Waals surface area contributed by atoms with E-state index >= 15 is 0 Å². The average molecular weight is 744 g/mol. The quantitative estimate of drug-likeness (QED) is 0.154. The van der Waals surface area contributed by atoms with Crippen LogP contribution < -0.4 is 10.6 Å². The Labute approximate surface area is 312 Å². The van der Waals surface area contributed by atoms with E-state index in [9.17, 15) is 23.6 Å². The van der Waals surface area contributed by atoms with Crippen LogP contribution in [0.15, 0.2) is 28.7 Å². The molecule has 0 radical (unpaired) electrons. The van der Waals surface area contributed by atoms with Gasteiger partial charge in [0.15, 0.2) is 0 Å². The zero-order valence-corrected chi connectivity index (χ0v) is 32.0. The highest BCUT2D eigenvalue weighted by Crippen LogP contribution is 2.42. The zero-order chi connectivity index (χ0) is 38.1. The number of anilines is 1. The van der Waals surface area contributed by atoms with E-state index in [1.54, 1.807) is 57.0 Å². The molecule has 2 aliphatic carbocycles. The minimum atomic E-state index is -0.713. The molecule has 2 aromatic rings. The number of hydrogen-bond donors (Lipinski definition) is 2. The van der Waals surface area contributed by atoms with Crippen LogP contribution in [0.2, 0.25) is 0 Å². The summed E-state index contributed by atoms with van der Waals surface area (Å²) < 4.78 is 41.4. The molecule has 0 bridgehead atoms. The number of alkyl halides is 1. The molecule has 3 amide bonds. The van der Waals surface area contributed by atoms with Gasteiger partial charge in [0.2, 0.25) is 17.6 Å². The van der Waals surface area contributed by atoms with Gasteiger partial charge in [0.05, 0.1) is 18.8 Å². The first-order chi connectivity index (χ1) is 25.4. The van der Waals surface area contributed by atoms with Gasteiger partial charge in [0.1, 0.15) is 23.9 Å². The van der Waals surface area contributed by atoms with E-state index in [1.165, 1.54) is 0 Å². The standard InChI is InChI=1S/C40H58FN3O9/c1-6-50-20-7-21-51-38(47)34-23-28-22-29(14-17-33(28)52-34)42-36(45)35-31(25-12-15-30(49-5)16-13-25)18-19-44(35)37(46)27-10-8-26(9-11-27)32(24-41)43-39(48)53-40(2,3)4/h14,17,22-23,25-27,30-32,35H,6-13,15-16,18-21,24H2,1-5H3,(H,42,45)(H,43,48)/t25?,26?,27?,30?,31-,32+,35-/m0/s1. The molecule has 5 rings (SSSR count). The molecule has 12 nitrogen and oxygen atoms in total. The Bertz CT molecular complexity index is 1540. The molecular formula is C40H58FN3O9. The number of likely N-dealkylation sites (tertiary alicyclic amines) is 1. The van der Waals surface area contributed by atoms with Gasteiger partial charge in [0, 0.05) is 50.3 Å². The van der Waals surface area contributed by atoms with Crippen molar-refractivity contribution >= 4 is 40.5 Å². The molecule has 3 atom stereocenters. The summed E-state index contributed by atoms with van der Waals surface area (Å²) in [6.45, 7) is 8.29. The summed E-state index contributed by atoms with van der Waals surface area (Å²) in [6, 6.07) is 5.48. The smallest absolute Gasteiger partial charge is 0.407 e. The second kappa shape index (κ2) is 18.6. The Kier molecular flexibility index (Phi) is 14.2. The SMILES string of the molecule is CCOCCCOC(=O)c1cc2cc(NC(=O)[C@@H]3[C@H](C4CCC(OC)CC4)CCN3C(=O)C3CCC([C@@H](CF)NC(=O)OC(C)(C)C)CC3)ccc2o1. The predicted molar refractivity (Wildman–Crippen MR) is 197 cm³/mol. The molecule has 3 aliphatic rings. The molecule has 53 heavy (non-hydrogen) atoms. The monoisotopic (exact) mass is 743 g/mol. The zero-order valence-electron chi connectivity index (χ0n) is 32.0. The number of amides is 3. The van der Waals surface area contributed by atoms with Gasteiger partial charge < -0.3 is 38.9 Å². The number of ether oxygens (including phenoxy) is 4. The fourth-order valence-electron chi connectivity index (χ4n) is 8.37. The van der Waals surface area contributed by atoms with Gasteiger partial charge in [-0.25, -0.2) is 14.0 Å². The Morgan fingerprint density at radius 1 is 0.981 bits per heavy atom. The van der Waals surface area contributed by atoms with Crippen molar-refractivity contribution in [2.45, 2.75) is 116 Å². The molecule has 2 saturated carbocycles. The summed E-state index contributed by atoms with van der Waals surface area (Å²) in [5.41, 5.74) is 0.335. The number of carbonyl (C=O) groups is 4.